The van der Waals surface area contributed by atoms with E-state index in [0.717, 1.165) is 17.7 Å². The van der Waals surface area contributed by atoms with Crippen LogP contribution in [0.15, 0.2) is 41.8 Å². The SMILES string of the molecule is O=C1CC(c2ccccc2)N(Cc2csc(C(=O)O)c2)CCN1. The normalized spacial score (nSPS) is 19.1. The molecule has 0 spiro atoms. The first-order chi connectivity index (χ1) is 11.1. The van der Waals surface area contributed by atoms with Crippen LogP contribution in [0.2, 0.25) is 0 Å². The Morgan fingerprint density at radius 3 is 2.83 bits per heavy atom. The molecule has 23 heavy (non-hydrogen) atoms. The fourth-order valence-corrected chi connectivity index (χ4v) is 3.61. The van der Waals surface area contributed by atoms with E-state index in [1.54, 1.807) is 6.07 Å². The van der Waals surface area contributed by atoms with Crippen LogP contribution < -0.4 is 5.32 Å². The molecule has 2 aromatic rings. The van der Waals surface area contributed by atoms with E-state index in [-0.39, 0.29) is 11.9 Å². The molecule has 6 heteroatoms. The summed E-state index contributed by atoms with van der Waals surface area (Å²) in [5, 5.41) is 13.8. The summed E-state index contributed by atoms with van der Waals surface area (Å²) in [4.78, 5) is 25.6. The van der Waals surface area contributed by atoms with Crippen LogP contribution in [0.25, 0.3) is 0 Å². The highest BCUT2D eigenvalue weighted by atomic mass is 32.1. The van der Waals surface area contributed by atoms with E-state index >= 15 is 0 Å². The number of aromatic carboxylic acids is 1. The minimum Gasteiger partial charge on any atom is -0.477 e. The van der Waals surface area contributed by atoms with Crippen LogP contribution in [0.5, 0.6) is 0 Å². The highest BCUT2D eigenvalue weighted by Gasteiger charge is 2.26. The Balaban J connectivity index is 1.83. The minimum absolute atomic E-state index is 0.00637. The molecule has 1 fully saturated rings. The Kier molecular flexibility index (Phi) is 4.73. The molecule has 3 rings (SSSR count). The minimum atomic E-state index is -0.895. The maximum atomic E-state index is 11.9. The predicted molar refractivity (Wildman–Crippen MR) is 88.5 cm³/mol. The Morgan fingerprint density at radius 1 is 1.35 bits per heavy atom. The average Bonchev–Trinajstić information content (AvgIpc) is 2.93. The third-order valence-corrected chi connectivity index (χ3v) is 4.94. The van der Waals surface area contributed by atoms with Gasteiger partial charge in [-0.1, -0.05) is 30.3 Å². The molecule has 0 bridgehead atoms. The number of carboxylic acids is 1. The van der Waals surface area contributed by atoms with Gasteiger partial charge in [-0.25, -0.2) is 4.79 Å². The molecule has 0 radical (unpaired) electrons. The Labute approximate surface area is 138 Å². The molecule has 2 N–H and O–H groups in total. The summed E-state index contributed by atoms with van der Waals surface area (Å²) in [5.74, 6) is -0.841. The van der Waals surface area contributed by atoms with Crippen molar-refractivity contribution in [3.8, 4) is 0 Å². The zero-order valence-corrected chi connectivity index (χ0v) is 13.4. The first kappa shape index (κ1) is 15.7. The molecular formula is C17H18N2O3S. The molecule has 1 aromatic heterocycles. The van der Waals surface area contributed by atoms with Crippen LogP contribution in [-0.4, -0.2) is 35.0 Å². The number of nitrogens with zero attached hydrogens (tertiary/aromatic N) is 1. The van der Waals surface area contributed by atoms with Gasteiger partial charge in [0.15, 0.2) is 0 Å². The van der Waals surface area contributed by atoms with Crippen molar-refractivity contribution < 1.29 is 14.7 Å². The highest BCUT2D eigenvalue weighted by Crippen LogP contribution is 2.28. The molecule has 1 unspecified atom stereocenters. The summed E-state index contributed by atoms with van der Waals surface area (Å²) in [7, 11) is 0. The molecule has 2 heterocycles. The van der Waals surface area contributed by atoms with Gasteiger partial charge in [-0.2, -0.15) is 0 Å². The molecule has 0 aliphatic carbocycles. The first-order valence-electron chi connectivity index (χ1n) is 7.50. The van der Waals surface area contributed by atoms with E-state index < -0.39 is 5.97 Å². The third-order valence-electron chi connectivity index (χ3n) is 3.98. The monoisotopic (exact) mass is 330 g/mol. The molecule has 0 saturated carbocycles. The van der Waals surface area contributed by atoms with Crippen LogP contribution in [0, 0.1) is 0 Å². The van der Waals surface area contributed by atoms with E-state index in [4.69, 9.17) is 5.11 Å². The number of amides is 1. The first-order valence-corrected chi connectivity index (χ1v) is 8.38. The van der Waals surface area contributed by atoms with E-state index in [0.29, 0.717) is 24.4 Å². The second-order valence-electron chi connectivity index (χ2n) is 5.58. The predicted octanol–water partition coefficient (Wildman–Crippen LogP) is 2.51. The van der Waals surface area contributed by atoms with E-state index in [1.807, 2.05) is 35.7 Å². The van der Waals surface area contributed by atoms with Crippen molar-refractivity contribution in [2.45, 2.75) is 19.0 Å². The van der Waals surface area contributed by atoms with Gasteiger partial charge in [-0.3, -0.25) is 9.69 Å². The topological polar surface area (TPSA) is 69.6 Å². The van der Waals surface area contributed by atoms with Crippen LogP contribution in [0.1, 0.15) is 33.3 Å². The summed E-state index contributed by atoms with van der Waals surface area (Å²) in [6.45, 7) is 1.99. The zero-order chi connectivity index (χ0) is 16.2. The van der Waals surface area contributed by atoms with Crippen molar-refractivity contribution in [2.75, 3.05) is 13.1 Å². The van der Waals surface area contributed by atoms with Crippen molar-refractivity contribution in [2.24, 2.45) is 0 Å². The second-order valence-corrected chi connectivity index (χ2v) is 6.49. The van der Waals surface area contributed by atoms with E-state index in [2.05, 4.69) is 10.2 Å². The highest BCUT2D eigenvalue weighted by molar-refractivity contribution is 7.12. The van der Waals surface area contributed by atoms with Gasteiger partial charge in [0, 0.05) is 32.1 Å². The third kappa shape index (κ3) is 3.78. The molecule has 1 aliphatic heterocycles. The van der Waals surface area contributed by atoms with Crippen LogP contribution >= 0.6 is 11.3 Å². The maximum absolute atomic E-state index is 11.9. The smallest absolute Gasteiger partial charge is 0.345 e. The number of thiophene rings is 1. The van der Waals surface area contributed by atoms with Crippen LogP contribution in [0.3, 0.4) is 0 Å². The molecule has 1 atom stereocenters. The summed E-state index contributed by atoms with van der Waals surface area (Å²) in [6.07, 6.45) is 0.417. The van der Waals surface area contributed by atoms with Crippen LogP contribution in [0.4, 0.5) is 0 Å². The number of rotatable bonds is 4. The number of carbonyl (C=O) groups excluding carboxylic acids is 1. The number of nitrogens with one attached hydrogen (secondary N) is 1. The lowest BCUT2D eigenvalue weighted by Gasteiger charge is -2.29. The van der Waals surface area contributed by atoms with Gasteiger partial charge in [0.25, 0.3) is 0 Å². The van der Waals surface area contributed by atoms with Gasteiger partial charge >= 0.3 is 5.97 Å². The van der Waals surface area contributed by atoms with Crippen molar-refractivity contribution >= 4 is 23.2 Å². The average molecular weight is 330 g/mol. The van der Waals surface area contributed by atoms with E-state index in [9.17, 15) is 9.59 Å². The quantitative estimate of drug-likeness (QED) is 0.904. The molecule has 1 saturated heterocycles. The van der Waals surface area contributed by atoms with Gasteiger partial charge in [0.05, 0.1) is 0 Å². The largest absolute Gasteiger partial charge is 0.477 e. The van der Waals surface area contributed by atoms with Gasteiger partial charge in [0.1, 0.15) is 4.88 Å². The van der Waals surface area contributed by atoms with E-state index in [1.165, 1.54) is 11.3 Å². The van der Waals surface area contributed by atoms with Crippen LogP contribution in [-0.2, 0) is 11.3 Å². The van der Waals surface area contributed by atoms with Gasteiger partial charge in [-0.05, 0) is 22.6 Å². The fourth-order valence-electron chi connectivity index (χ4n) is 2.87. The lowest BCUT2D eigenvalue weighted by molar-refractivity contribution is -0.121. The molecule has 1 aliphatic rings. The standard InChI is InChI=1S/C17H18N2O3S/c20-16-9-14(13-4-2-1-3-5-13)19(7-6-18-16)10-12-8-15(17(21)22)23-11-12/h1-5,8,11,14H,6-7,9-10H2,(H,18,20)(H,21,22). The van der Waals surface area contributed by atoms with Crippen molar-refractivity contribution in [1.29, 1.82) is 0 Å². The van der Waals surface area contributed by atoms with Crippen molar-refractivity contribution in [1.82, 2.24) is 10.2 Å². The number of benzene rings is 1. The molecule has 1 amide bonds. The molecule has 5 nitrogen and oxygen atoms in total. The second kappa shape index (κ2) is 6.93. The molecule has 1 aromatic carbocycles. The summed E-state index contributed by atoms with van der Waals surface area (Å²) in [5.41, 5.74) is 2.08. The van der Waals surface area contributed by atoms with Crippen molar-refractivity contribution in [3.05, 3.63) is 57.8 Å². The summed E-state index contributed by atoms with van der Waals surface area (Å²) in [6, 6.07) is 11.7. The molecular weight excluding hydrogens is 312 g/mol. The lowest BCUT2D eigenvalue weighted by atomic mass is 10.0. The fraction of sp³-hybridized carbons (Fsp3) is 0.294. The van der Waals surface area contributed by atoms with Gasteiger partial charge < -0.3 is 10.4 Å². The Morgan fingerprint density at radius 2 is 2.13 bits per heavy atom. The number of hydrogen-bond acceptors (Lipinski definition) is 4. The zero-order valence-electron chi connectivity index (χ0n) is 12.6. The van der Waals surface area contributed by atoms with Gasteiger partial charge in [0.2, 0.25) is 5.91 Å². The number of carbonyl (C=O) groups is 2. The maximum Gasteiger partial charge on any atom is 0.345 e. The van der Waals surface area contributed by atoms with Crippen molar-refractivity contribution in [3.63, 3.8) is 0 Å². The summed E-state index contributed by atoms with van der Waals surface area (Å²) >= 11 is 1.24. The Hall–Kier alpha value is -2.18. The number of hydrogen-bond donors (Lipinski definition) is 2. The van der Waals surface area contributed by atoms with Gasteiger partial charge in [-0.15, -0.1) is 11.3 Å². The summed E-state index contributed by atoms with van der Waals surface area (Å²) < 4.78 is 0. The Bertz CT molecular complexity index is 699. The lowest BCUT2D eigenvalue weighted by Crippen LogP contribution is -2.30. The molecule has 120 valence electrons. The number of carboxylic acid groups (broad SMARTS) is 1.